The third-order valence-electron chi connectivity index (χ3n) is 3.77. The Bertz CT molecular complexity index is 227. The average Bonchev–Trinajstić information content (AvgIpc) is 2.37. The zero-order valence-corrected chi connectivity index (χ0v) is 12.5. The molecule has 4 heteroatoms. The topological polar surface area (TPSA) is 38.3 Å². The number of amides is 1. The van der Waals surface area contributed by atoms with Gasteiger partial charge in [-0.2, -0.15) is 0 Å². The molecular formula is C13H24BrNO2. The summed E-state index contributed by atoms with van der Waals surface area (Å²) in [7, 11) is 0. The maximum atomic E-state index is 11.8. The van der Waals surface area contributed by atoms with Gasteiger partial charge in [0.05, 0.1) is 0 Å². The summed E-state index contributed by atoms with van der Waals surface area (Å²) in [4.78, 5) is 11.8. The average molecular weight is 306 g/mol. The molecule has 0 radical (unpaired) electrons. The van der Waals surface area contributed by atoms with Crippen molar-refractivity contribution in [2.24, 2.45) is 0 Å². The molecule has 0 aromatic rings. The molecule has 0 unspecified atom stereocenters. The van der Waals surface area contributed by atoms with E-state index < -0.39 is 0 Å². The summed E-state index contributed by atoms with van der Waals surface area (Å²) in [6.45, 7) is 4.11. The van der Waals surface area contributed by atoms with Gasteiger partial charge in [0.25, 0.3) is 0 Å². The highest BCUT2D eigenvalue weighted by atomic mass is 79.9. The Morgan fingerprint density at radius 3 is 2.35 bits per heavy atom. The van der Waals surface area contributed by atoms with Gasteiger partial charge < -0.3 is 10.1 Å². The molecule has 1 rings (SSSR count). The number of nitrogens with one attached hydrogen (secondary N) is 1. The molecule has 0 atom stereocenters. The molecule has 1 N–H and O–H groups in total. The van der Waals surface area contributed by atoms with Crippen LogP contribution < -0.4 is 5.32 Å². The second kappa shape index (κ2) is 7.24. The summed E-state index contributed by atoms with van der Waals surface area (Å²) in [5.74, 6) is 0. The van der Waals surface area contributed by atoms with Gasteiger partial charge in [-0.3, -0.25) is 0 Å². The van der Waals surface area contributed by atoms with Gasteiger partial charge >= 0.3 is 6.09 Å². The standard InChI is InChI=1S/C13H24BrNO2/c1-3-13(4-2,10-14)17-12(16)15-11-8-6-5-7-9-11/h11H,3-10H2,1-2H3,(H,15,16). The molecule has 0 spiro atoms. The van der Waals surface area contributed by atoms with E-state index in [2.05, 4.69) is 35.1 Å². The van der Waals surface area contributed by atoms with Gasteiger partial charge in [-0.1, -0.05) is 49.0 Å². The number of carbonyl (C=O) groups is 1. The van der Waals surface area contributed by atoms with Crippen LogP contribution in [0.4, 0.5) is 4.79 Å². The molecule has 17 heavy (non-hydrogen) atoms. The Hall–Kier alpha value is -0.250. The summed E-state index contributed by atoms with van der Waals surface area (Å²) in [6.07, 6.45) is 7.34. The largest absolute Gasteiger partial charge is 0.442 e. The number of hydrogen-bond acceptors (Lipinski definition) is 2. The van der Waals surface area contributed by atoms with Gasteiger partial charge in [-0.25, -0.2) is 4.79 Å². The van der Waals surface area contributed by atoms with Gasteiger partial charge in [0, 0.05) is 11.4 Å². The SMILES string of the molecule is CCC(CC)(CBr)OC(=O)NC1CCCCC1. The van der Waals surface area contributed by atoms with Crippen molar-refractivity contribution in [1.29, 1.82) is 0 Å². The van der Waals surface area contributed by atoms with Crippen LogP contribution in [0.25, 0.3) is 0 Å². The van der Waals surface area contributed by atoms with Crippen LogP contribution in [0.5, 0.6) is 0 Å². The van der Waals surface area contributed by atoms with E-state index >= 15 is 0 Å². The molecule has 0 aromatic heterocycles. The van der Waals surface area contributed by atoms with Crippen LogP contribution >= 0.6 is 15.9 Å². The number of halogens is 1. The van der Waals surface area contributed by atoms with Gasteiger partial charge in [0.1, 0.15) is 5.60 Å². The molecule has 1 aliphatic carbocycles. The number of ether oxygens (including phenoxy) is 1. The van der Waals surface area contributed by atoms with Gasteiger partial charge in [-0.05, 0) is 25.7 Å². The van der Waals surface area contributed by atoms with E-state index in [-0.39, 0.29) is 11.7 Å². The minimum atomic E-state index is -0.348. The van der Waals surface area contributed by atoms with E-state index in [0.717, 1.165) is 25.7 Å². The molecule has 3 nitrogen and oxygen atoms in total. The molecule has 1 amide bonds. The van der Waals surface area contributed by atoms with Crippen molar-refractivity contribution >= 4 is 22.0 Å². The number of alkyl carbamates (subject to hydrolysis) is 1. The Labute approximate surface area is 113 Å². The van der Waals surface area contributed by atoms with Gasteiger partial charge in [0.2, 0.25) is 0 Å². The quantitative estimate of drug-likeness (QED) is 0.780. The fourth-order valence-corrected chi connectivity index (χ4v) is 3.16. The summed E-state index contributed by atoms with van der Waals surface area (Å²) in [5, 5.41) is 3.69. The summed E-state index contributed by atoms with van der Waals surface area (Å²) in [5.41, 5.74) is -0.348. The first-order chi connectivity index (χ1) is 8.15. The van der Waals surface area contributed by atoms with Crippen LogP contribution in [0.2, 0.25) is 0 Å². The van der Waals surface area contributed by atoms with Crippen LogP contribution in [-0.4, -0.2) is 23.1 Å². The Kier molecular flexibility index (Phi) is 6.31. The minimum absolute atomic E-state index is 0.250. The molecule has 0 bridgehead atoms. The lowest BCUT2D eigenvalue weighted by molar-refractivity contribution is 0.0212. The first-order valence-electron chi connectivity index (χ1n) is 6.71. The van der Waals surface area contributed by atoms with E-state index in [9.17, 15) is 4.79 Å². The zero-order valence-electron chi connectivity index (χ0n) is 10.9. The maximum absolute atomic E-state index is 11.8. The molecule has 100 valence electrons. The predicted molar refractivity (Wildman–Crippen MR) is 73.6 cm³/mol. The summed E-state index contributed by atoms with van der Waals surface area (Å²) < 4.78 is 5.59. The highest BCUT2D eigenvalue weighted by Gasteiger charge is 2.30. The van der Waals surface area contributed by atoms with Gasteiger partial charge in [0.15, 0.2) is 0 Å². The Morgan fingerprint density at radius 2 is 1.88 bits per heavy atom. The number of carbonyl (C=O) groups excluding carboxylic acids is 1. The lowest BCUT2D eigenvalue weighted by Crippen LogP contribution is -2.43. The summed E-state index contributed by atoms with van der Waals surface area (Å²) in [6, 6.07) is 0.318. The first-order valence-corrected chi connectivity index (χ1v) is 7.83. The van der Waals surface area contributed by atoms with Crippen molar-refractivity contribution < 1.29 is 9.53 Å². The minimum Gasteiger partial charge on any atom is -0.442 e. The zero-order chi connectivity index (χ0) is 12.7. The van der Waals surface area contributed by atoms with Crippen LogP contribution in [0.1, 0.15) is 58.8 Å². The highest BCUT2D eigenvalue weighted by Crippen LogP contribution is 2.24. The van der Waals surface area contributed by atoms with Crippen LogP contribution in [0, 0.1) is 0 Å². The molecule has 1 aliphatic rings. The normalized spacial score (nSPS) is 17.8. The van der Waals surface area contributed by atoms with Crippen molar-refractivity contribution in [3.8, 4) is 0 Å². The third kappa shape index (κ3) is 4.49. The number of rotatable bonds is 5. The molecule has 0 saturated heterocycles. The predicted octanol–water partition coefficient (Wildman–Crippen LogP) is 4.00. The lowest BCUT2D eigenvalue weighted by Gasteiger charge is -2.31. The van der Waals surface area contributed by atoms with E-state index in [1.54, 1.807) is 0 Å². The van der Waals surface area contributed by atoms with E-state index in [4.69, 9.17) is 4.74 Å². The monoisotopic (exact) mass is 305 g/mol. The molecule has 0 aromatic carbocycles. The van der Waals surface area contributed by atoms with E-state index in [1.807, 2.05) is 0 Å². The highest BCUT2D eigenvalue weighted by molar-refractivity contribution is 9.09. The molecule has 1 fully saturated rings. The van der Waals surface area contributed by atoms with Crippen molar-refractivity contribution in [3.05, 3.63) is 0 Å². The smallest absolute Gasteiger partial charge is 0.407 e. The second-order valence-electron chi connectivity index (χ2n) is 4.89. The number of alkyl halides is 1. The van der Waals surface area contributed by atoms with E-state index in [0.29, 0.717) is 11.4 Å². The first kappa shape index (κ1) is 14.8. The molecular weight excluding hydrogens is 282 g/mol. The van der Waals surface area contributed by atoms with Crippen molar-refractivity contribution in [2.45, 2.75) is 70.4 Å². The maximum Gasteiger partial charge on any atom is 0.407 e. The fraction of sp³-hybridized carbons (Fsp3) is 0.923. The number of hydrogen-bond donors (Lipinski definition) is 1. The van der Waals surface area contributed by atoms with Gasteiger partial charge in [-0.15, -0.1) is 0 Å². The molecule has 1 saturated carbocycles. The van der Waals surface area contributed by atoms with Crippen molar-refractivity contribution in [3.63, 3.8) is 0 Å². The third-order valence-corrected chi connectivity index (χ3v) is 4.79. The van der Waals surface area contributed by atoms with Crippen LogP contribution in [0.15, 0.2) is 0 Å². The molecule has 0 heterocycles. The fourth-order valence-electron chi connectivity index (χ4n) is 2.25. The summed E-state index contributed by atoms with van der Waals surface area (Å²) >= 11 is 3.44. The lowest BCUT2D eigenvalue weighted by atomic mass is 9.96. The van der Waals surface area contributed by atoms with Crippen LogP contribution in [-0.2, 0) is 4.74 Å². The van der Waals surface area contributed by atoms with Crippen molar-refractivity contribution in [2.75, 3.05) is 5.33 Å². The van der Waals surface area contributed by atoms with Crippen molar-refractivity contribution in [1.82, 2.24) is 5.32 Å². The van der Waals surface area contributed by atoms with Crippen LogP contribution in [0.3, 0.4) is 0 Å². The Morgan fingerprint density at radius 1 is 1.29 bits per heavy atom. The second-order valence-corrected chi connectivity index (χ2v) is 5.45. The Balaban J connectivity index is 2.41. The molecule has 0 aliphatic heterocycles. The van der Waals surface area contributed by atoms with E-state index in [1.165, 1.54) is 19.3 Å².